The van der Waals surface area contributed by atoms with Crippen LogP contribution in [-0.4, -0.2) is 37.7 Å². The van der Waals surface area contributed by atoms with Crippen molar-refractivity contribution in [2.45, 2.75) is 38.3 Å². The number of esters is 1. The van der Waals surface area contributed by atoms with Crippen LogP contribution in [-0.2, 0) is 16.1 Å². The van der Waals surface area contributed by atoms with Crippen LogP contribution in [0.3, 0.4) is 0 Å². The highest BCUT2D eigenvalue weighted by Crippen LogP contribution is 2.29. The van der Waals surface area contributed by atoms with Gasteiger partial charge in [-0.25, -0.2) is 0 Å². The Morgan fingerprint density at radius 3 is 2.67 bits per heavy atom. The second-order valence-electron chi connectivity index (χ2n) is 5.38. The quantitative estimate of drug-likeness (QED) is 0.756. The van der Waals surface area contributed by atoms with Gasteiger partial charge in [0.2, 0.25) is 0 Å². The molecular formula is C16H22ClNO3. The fraction of sp³-hybridized carbons (Fsp3) is 0.562. The summed E-state index contributed by atoms with van der Waals surface area (Å²) in [5, 5.41) is 0.676. The topological polar surface area (TPSA) is 38.8 Å². The van der Waals surface area contributed by atoms with Crippen LogP contribution >= 0.6 is 11.6 Å². The molecule has 0 spiro atoms. The highest BCUT2D eigenvalue weighted by Gasteiger charge is 2.25. The molecule has 1 saturated carbocycles. The second-order valence-corrected chi connectivity index (χ2v) is 5.81. The first-order chi connectivity index (χ1) is 10.1. The lowest BCUT2D eigenvalue weighted by molar-refractivity contribution is -0.142. The van der Waals surface area contributed by atoms with Gasteiger partial charge in [-0.05, 0) is 31.0 Å². The van der Waals surface area contributed by atoms with Crippen molar-refractivity contribution in [3.05, 3.63) is 28.8 Å². The molecule has 0 atom stereocenters. The molecule has 0 heterocycles. The summed E-state index contributed by atoms with van der Waals surface area (Å²) in [5.41, 5.74) is 1.00. The van der Waals surface area contributed by atoms with Crippen molar-refractivity contribution >= 4 is 17.6 Å². The van der Waals surface area contributed by atoms with Crippen LogP contribution in [0.5, 0.6) is 5.75 Å². The Morgan fingerprint density at radius 1 is 1.33 bits per heavy atom. The number of hydrogen-bond donors (Lipinski definition) is 0. The predicted octanol–water partition coefficient (Wildman–Crippen LogP) is 3.27. The fourth-order valence-electron chi connectivity index (χ4n) is 2.90. The van der Waals surface area contributed by atoms with Gasteiger partial charge in [-0.1, -0.05) is 24.4 Å². The zero-order valence-corrected chi connectivity index (χ0v) is 13.4. The van der Waals surface area contributed by atoms with Gasteiger partial charge in [0.15, 0.2) is 0 Å². The van der Waals surface area contributed by atoms with E-state index in [1.807, 2.05) is 18.2 Å². The molecule has 1 aliphatic carbocycles. The smallest absolute Gasteiger partial charge is 0.319 e. The first-order valence-corrected chi connectivity index (χ1v) is 7.65. The summed E-state index contributed by atoms with van der Waals surface area (Å²) in [7, 11) is 3.07. The molecule has 0 bridgehead atoms. The van der Waals surface area contributed by atoms with Crippen LogP contribution in [0.4, 0.5) is 0 Å². The van der Waals surface area contributed by atoms with Crippen molar-refractivity contribution in [2.24, 2.45) is 0 Å². The van der Waals surface area contributed by atoms with E-state index in [2.05, 4.69) is 4.90 Å². The van der Waals surface area contributed by atoms with Crippen molar-refractivity contribution in [2.75, 3.05) is 20.8 Å². The van der Waals surface area contributed by atoms with Crippen LogP contribution < -0.4 is 4.74 Å². The molecule has 0 aromatic heterocycles. The van der Waals surface area contributed by atoms with Crippen LogP contribution in [0.2, 0.25) is 5.02 Å². The Balaban J connectivity index is 2.17. The van der Waals surface area contributed by atoms with E-state index in [1.54, 1.807) is 7.11 Å². The summed E-state index contributed by atoms with van der Waals surface area (Å²) in [5.74, 6) is 0.593. The maximum atomic E-state index is 11.7. The lowest BCUT2D eigenvalue weighted by atomic mass is 10.1. The molecular weight excluding hydrogens is 290 g/mol. The number of carbonyl (C=O) groups is 1. The molecule has 1 fully saturated rings. The molecule has 0 radical (unpaired) electrons. The van der Waals surface area contributed by atoms with E-state index in [1.165, 1.54) is 20.0 Å². The zero-order chi connectivity index (χ0) is 15.2. The third-order valence-electron chi connectivity index (χ3n) is 4.02. The van der Waals surface area contributed by atoms with Gasteiger partial charge in [-0.3, -0.25) is 9.69 Å². The summed E-state index contributed by atoms with van der Waals surface area (Å²) < 4.78 is 10.2. The maximum absolute atomic E-state index is 11.7. The Hall–Kier alpha value is -1.26. The molecule has 4 nitrogen and oxygen atoms in total. The van der Waals surface area contributed by atoms with Gasteiger partial charge >= 0.3 is 5.97 Å². The average Bonchev–Trinajstić information content (AvgIpc) is 3.01. The van der Waals surface area contributed by atoms with E-state index in [0.717, 1.165) is 24.2 Å². The maximum Gasteiger partial charge on any atom is 0.319 e. The van der Waals surface area contributed by atoms with E-state index in [9.17, 15) is 4.79 Å². The lowest BCUT2D eigenvalue weighted by Gasteiger charge is -2.28. The van der Waals surface area contributed by atoms with E-state index in [-0.39, 0.29) is 5.97 Å². The molecule has 0 amide bonds. The number of benzene rings is 1. The largest absolute Gasteiger partial charge is 0.496 e. The fourth-order valence-corrected chi connectivity index (χ4v) is 3.10. The normalized spacial score (nSPS) is 15.4. The van der Waals surface area contributed by atoms with Crippen molar-refractivity contribution in [3.63, 3.8) is 0 Å². The molecule has 5 heteroatoms. The molecule has 0 saturated heterocycles. The summed E-state index contributed by atoms with van der Waals surface area (Å²) in [6.45, 7) is 0.945. The number of carbonyl (C=O) groups excluding carboxylic acids is 1. The molecule has 0 unspecified atom stereocenters. The van der Waals surface area contributed by atoms with E-state index < -0.39 is 0 Å². The lowest BCUT2D eigenvalue weighted by Crippen LogP contribution is -2.37. The van der Waals surface area contributed by atoms with Crippen molar-refractivity contribution in [1.29, 1.82) is 0 Å². The summed E-state index contributed by atoms with van der Waals surface area (Å²) in [6, 6.07) is 6.00. The highest BCUT2D eigenvalue weighted by molar-refractivity contribution is 6.30. The molecule has 1 aromatic carbocycles. The number of halogens is 1. The molecule has 0 N–H and O–H groups in total. The number of ether oxygens (including phenoxy) is 2. The van der Waals surface area contributed by atoms with Crippen LogP contribution in [0.25, 0.3) is 0 Å². The summed E-state index contributed by atoms with van der Waals surface area (Å²) in [4.78, 5) is 13.8. The minimum absolute atomic E-state index is 0.206. The van der Waals surface area contributed by atoms with Crippen LogP contribution in [0, 0.1) is 0 Å². The first-order valence-electron chi connectivity index (χ1n) is 7.27. The Bertz CT molecular complexity index is 486. The van der Waals surface area contributed by atoms with E-state index >= 15 is 0 Å². The minimum atomic E-state index is -0.206. The molecule has 1 aromatic rings. The van der Waals surface area contributed by atoms with E-state index in [4.69, 9.17) is 21.1 Å². The third kappa shape index (κ3) is 4.35. The summed E-state index contributed by atoms with van der Waals surface area (Å²) >= 11 is 6.08. The Labute approximate surface area is 131 Å². The SMILES string of the molecule is COC(=O)CN(Cc1cc(Cl)ccc1OC)C1CCCC1. The van der Waals surface area contributed by atoms with Crippen LogP contribution in [0.15, 0.2) is 18.2 Å². The number of methoxy groups -OCH3 is 2. The van der Waals surface area contributed by atoms with E-state index in [0.29, 0.717) is 24.2 Å². The number of rotatable bonds is 6. The van der Waals surface area contributed by atoms with Gasteiger partial charge in [0.05, 0.1) is 20.8 Å². The Kier molecular flexibility index (Phi) is 5.88. The number of hydrogen-bond acceptors (Lipinski definition) is 4. The number of nitrogens with zero attached hydrogens (tertiary/aromatic N) is 1. The molecule has 116 valence electrons. The molecule has 21 heavy (non-hydrogen) atoms. The highest BCUT2D eigenvalue weighted by atomic mass is 35.5. The summed E-state index contributed by atoms with van der Waals surface area (Å²) in [6.07, 6.45) is 4.68. The second kappa shape index (κ2) is 7.66. The van der Waals surface area contributed by atoms with Gasteiger partial charge < -0.3 is 9.47 Å². The van der Waals surface area contributed by atoms with Gasteiger partial charge in [-0.15, -0.1) is 0 Å². The first kappa shape index (κ1) is 16.1. The predicted molar refractivity (Wildman–Crippen MR) is 82.7 cm³/mol. The van der Waals surface area contributed by atoms with Gasteiger partial charge in [0.25, 0.3) is 0 Å². The van der Waals surface area contributed by atoms with Gasteiger partial charge in [0, 0.05) is 23.2 Å². The van der Waals surface area contributed by atoms with Gasteiger partial charge in [-0.2, -0.15) is 0 Å². The zero-order valence-electron chi connectivity index (χ0n) is 12.6. The molecule has 2 rings (SSSR count). The monoisotopic (exact) mass is 311 g/mol. The standard InChI is InChI=1S/C16H22ClNO3/c1-20-15-8-7-13(17)9-12(15)10-18(11-16(19)21-2)14-5-3-4-6-14/h7-9,14H,3-6,10-11H2,1-2H3. The van der Waals surface area contributed by atoms with Crippen molar-refractivity contribution in [3.8, 4) is 5.75 Å². The van der Waals surface area contributed by atoms with Crippen molar-refractivity contribution < 1.29 is 14.3 Å². The minimum Gasteiger partial charge on any atom is -0.496 e. The van der Waals surface area contributed by atoms with Crippen LogP contribution in [0.1, 0.15) is 31.2 Å². The average molecular weight is 312 g/mol. The molecule has 0 aliphatic heterocycles. The third-order valence-corrected chi connectivity index (χ3v) is 4.25. The van der Waals surface area contributed by atoms with Gasteiger partial charge in [0.1, 0.15) is 5.75 Å². The van der Waals surface area contributed by atoms with Crippen molar-refractivity contribution in [1.82, 2.24) is 4.90 Å². The Morgan fingerprint density at radius 2 is 2.05 bits per heavy atom. The molecule has 1 aliphatic rings.